The monoisotopic (exact) mass is 498 g/mol. The second kappa shape index (κ2) is 9.05. The number of nitrogens with zero attached hydrogens (tertiary/aromatic N) is 1. The van der Waals surface area contributed by atoms with Crippen molar-refractivity contribution in [1.29, 1.82) is 0 Å². The lowest BCUT2D eigenvalue weighted by Gasteiger charge is -2.09. The minimum atomic E-state index is -0.257. The summed E-state index contributed by atoms with van der Waals surface area (Å²) in [6, 6.07) is 13.3. The van der Waals surface area contributed by atoms with Gasteiger partial charge in [0.05, 0.1) is 17.2 Å². The number of hydrogen-bond acceptors (Lipinski definition) is 7. The summed E-state index contributed by atoms with van der Waals surface area (Å²) >= 11 is 8.60. The molecule has 33 heavy (non-hydrogen) atoms. The normalized spacial score (nSPS) is 11.3. The van der Waals surface area contributed by atoms with Crippen molar-refractivity contribution in [2.24, 2.45) is 0 Å². The number of hydrogen-bond donors (Lipinski definition) is 2. The molecule has 0 spiro atoms. The van der Waals surface area contributed by atoms with Gasteiger partial charge in [-0.05, 0) is 54.3 Å². The summed E-state index contributed by atoms with van der Waals surface area (Å²) in [6.45, 7) is 2.36. The highest BCUT2D eigenvalue weighted by Gasteiger charge is 2.15. The Bertz CT molecular complexity index is 1480. The van der Waals surface area contributed by atoms with Gasteiger partial charge in [0.2, 0.25) is 11.8 Å². The van der Waals surface area contributed by atoms with Crippen LogP contribution in [-0.4, -0.2) is 21.7 Å². The van der Waals surface area contributed by atoms with Gasteiger partial charge < -0.3 is 14.3 Å². The Labute approximate surface area is 202 Å². The molecule has 3 heterocycles. The summed E-state index contributed by atoms with van der Waals surface area (Å²) in [6.07, 6.45) is 1.10. The molecule has 0 aliphatic carbocycles. The van der Waals surface area contributed by atoms with Crippen LogP contribution in [0.25, 0.3) is 21.5 Å². The number of aromatic amines is 1. The molecule has 9 heteroatoms. The van der Waals surface area contributed by atoms with Gasteiger partial charge in [-0.15, -0.1) is 11.3 Å². The Morgan fingerprint density at radius 2 is 2.00 bits per heavy atom. The molecule has 5 rings (SSSR count). The van der Waals surface area contributed by atoms with Gasteiger partial charge >= 0.3 is 4.87 Å². The smallest absolute Gasteiger partial charge is 0.307 e. The number of aromatic hydroxyl groups is 1. The van der Waals surface area contributed by atoms with Gasteiger partial charge in [-0.1, -0.05) is 29.0 Å². The van der Waals surface area contributed by atoms with Crippen molar-refractivity contribution < 1.29 is 14.3 Å². The molecule has 2 aromatic carbocycles. The molecule has 2 N–H and O–H groups in total. The standard InChI is InChI=1S/C24H19ClN2O4S2/c1-13-18(26-23(31-13)14-2-5-16(25)6-3-14)8-10-30-19-7-4-15(21-17(19)9-11-32-21)12-20-22(28)27-24(29)33-20/h2-7,9,11,28H,8,10,12H2,1H3,(H,27,29). The summed E-state index contributed by atoms with van der Waals surface area (Å²) in [5.74, 6) is 2.07. The largest absolute Gasteiger partial charge is 0.494 e. The van der Waals surface area contributed by atoms with E-state index in [1.165, 1.54) is 0 Å². The van der Waals surface area contributed by atoms with Crippen LogP contribution >= 0.6 is 34.3 Å². The van der Waals surface area contributed by atoms with Gasteiger partial charge in [0.15, 0.2) is 0 Å². The van der Waals surface area contributed by atoms with Crippen LogP contribution in [0.4, 0.5) is 0 Å². The number of rotatable bonds is 7. The number of thiazole rings is 1. The van der Waals surface area contributed by atoms with Crippen molar-refractivity contribution in [1.82, 2.24) is 9.97 Å². The average Bonchev–Trinajstić information content (AvgIpc) is 3.50. The highest BCUT2D eigenvalue weighted by atomic mass is 35.5. The van der Waals surface area contributed by atoms with E-state index in [4.69, 9.17) is 20.8 Å². The minimum Gasteiger partial charge on any atom is -0.494 e. The second-order valence-corrected chi connectivity index (χ2v) is 9.90. The van der Waals surface area contributed by atoms with Crippen molar-refractivity contribution >= 4 is 44.4 Å². The Morgan fingerprint density at radius 3 is 2.76 bits per heavy atom. The third-order valence-electron chi connectivity index (χ3n) is 5.29. The Kier molecular flexibility index (Phi) is 5.97. The number of fused-ring (bicyclic) bond motifs is 1. The predicted molar refractivity (Wildman–Crippen MR) is 132 cm³/mol. The first-order chi connectivity index (χ1) is 16.0. The van der Waals surface area contributed by atoms with Crippen molar-refractivity contribution in [3.63, 3.8) is 0 Å². The van der Waals surface area contributed by atoms with E-state index in [9.17, 15) is 9.90 Å². The molecule has 0 saturated carbocycles. The van der Waals surface area contributed by atoms with Crippen LogP contribution in [-0.2, 0) is 12.8 Å². The van der Waals surface area contributed by atoms with Crippen LogP contribution in [0, 0.1) is 6.92 Å². The van der Waals surface area contributed by atoms with E-state index in [2.05, 4.69) is 9.97 Å². The molecule has 0 bridgehead atoms. The number of oxazole rings is 1. The molecule has 0 radical (unpaired) electrons. The Morgan fingerprint density at radius 1 is 1.18 bits per heavy atom. The summed E-state index contributed by atoms with van der Waals surface area (Å²) in [4.78, 5) is 18.9. The lowest BCUT2D eigenvalue weighted by molar-refractivity contribution is 0.323. The maximum absolute atomic E-state index is 11.5. The zero-order valence-electron chi connectivity index (χ0n) is 17.6. The van der Waals surface area contributed by atoms with Crippen LogP contribution in [0.1, 0.15) is 21.9 Å². The summed E-state index contributed by atoms with van der Waals surface area (Å²) in [5.41, 5.74) is 2.78. The van der Waals surface area contributed by atoms with Gasteiger partial charge in [-0.25, -0.2) is 4.98 Å². The molecule has 0 saturated heterocycles. The second-order valence-electron chi connectivity index (χ2n) is 7.48. The summed E-state index contributed by atoms with van der Waals surface area (Å²) in [5, 5.41) is 13.6. The molecular weight excluding hydrogens is 480 g/mol. The molecule has 0 fully saturated rings. The third-order valence-corrected chi connectivity index (χ3v) is 7.40. The number of benzene rings is 2. The maximum Gasteiger partial charge on any atom is 0.307 e. The van der Waals surface area contributed by atoms with E-state index in [1.807, 2.05) is 54.8 Å². The highest BCUT2D eigenvalue weighted by molar-refractivity contribution is 7.17. The fourth-order valence-corrected chi connectivity index (χ4v) is 5.44. The molecule has 5 aromatic rings. The van der Waals surface area contributed by atoms with Crippen LogP contribution in [0.2, 0.25) is 5.02 Å². The molecule has 0 atom stereocenters. The molecule has 3 aromatic heterocycles. The number of aryl methyl sites for hydroxylation is 1. The van der Waals surface area contributed by atoms with E-state index in [0.29, 0.717) is 35.2 Å². The summed E-state index contributed by atoms with van der Waals surface area (Å²) in [7, 11) is 0. The Balaban J connectivity index is 1.30. The average molecular weight is 499 g/mol. The number of nitrogens with one attached hydrogen (secondary N) is 1. The molecule has 6 nitrogen and oxygen atoms in total. The topological polar surface area (TPSA) is 88.4 Å². The lowest BCUT2D eigenvalue weighted by atomic mass is 10.1. The van der Waals surface area contributed by atoms with Gasteiger partial charge in [0.25, 0.3) is 0 Å². The van der Waals surface area contributed by atoms with Gasteiger partial charge in [0.1, 0.15) is 11.5 Å². The van der Waals surface area contributed by atoms with Crippen LogP contribution in [0.3, 0.4) is 0 Å². The van der Waals surface area contributed by atoms with E-state index < -0.39 is 0 Å². The van der Waals surface area contributed by atoms with Crippen molar-refractivity contribution in [2.75, 3.05) is 6.61 Å². The number of ether oxygens (including phenoxy) is 1. The first-order valence-electron chi connectivity index (χ1n) is 10.2. The van der Waals surface area contributed by atoms with Crippen LogP contribution in [0.15, 0.2) is 57.1 Å². The maximum atomic E-state index is 11.5. The highest BCUT2D eigenvalue weighted by Crippen LogP contribution is 2.35. The predicted octanol–water partition coefficient (Wildman–Crippen LogP) is 6.19. The van der Waals surface area contributed by atoms with Gasteiger partial charge in [-0.3, -0.25) is 9.78 Å². The Hall–Kier alpha value is -3.07. The van der Waals surface area contributed by atoms with Gasteiger partial charge in [0, 0.05) is 33.5 Å². The third kappa shape index (κ3) is 4.55. The van der Waals surface area contributed by atoms with E-state index >= 15 is 0 Å². The van der Waals surface area contributed by atoms with Crippen LogP contribution in [0.5, 0.6) is 11.6 Å². The van der Waals surface area contributed by atoms with E-state index in [0.717, 1.165) is 49.8 Å². The van der Waals surface area contributed by atoms with E-state index in [-0.39, 0.29) is 10.8 Å². The minimum absolute atomic E-state index is 0.0593. The molecule has 0 amide bonds. The molecule has 0 aliphatic heterocycles. The first kappa shape index (κ1) is 21.8. The van der Waals surface area contributed by atoms with Crippen molar-refractivity contribution in [3.8, 4) is 23.1 Å². The number of halogens is 1. The van der Waals surface area contributed by atoms with E-state index in [1.54, 1.807) is 11.3 Å². The zero-order valence-corrected chi connectivity index (χ0v) is 19.9. The molecular formula is C24H19ClN2O4S2. The molecule has 0 unspecified atom stereocenters. The summed E-state index contributed by atoms with van der Waals surface area (Å²) < 4.78 is 13.0. The molecule has 0 aliphatic rings. The fourth-order valence-electron chi connectivity index (χ4n) is 3.64. The van der Waals surface area contributed by atoms with Crippen molar-refractivity contribution in [3.05, 3.63) is 84.4 Å². The lowest BCUT2D eigenvalue weighted by Crippen LogP contribution is -2.03. The first-order valence-corrected chi connectivity index (χ1v) is 12.3. The zero-order chi connectivity index (χ0) is 22.9. The SMILES string of the molecule is Cc1oc(-c2ccc(Cl)cc2)nc1CCOc1ccc(Cc2sc(=O)[nH]c2O)c2sccc12. The molecule has 168 valence electrons. The van der Waals surface area contributed by atoms with Crippen molar-refractivity contribution in [2.45, 2.75) is 19.8 Å². The number of thiophene rings is 1. The quantitative estimate of drug-likeness (QED) is 0.279. The fraction of sp³-hybridized carbons (Fsp3) is 0.167. The van der Waals surface area contributed by atoms with Crippen LogP contribution < -0.4 is 9.61 Å². The number of H-pyrrole nitrogens is 1. The number of aromatic nitrogens is 2. The van der Waals surface area contributed by atoms with Gasteiger partial charge in [-0.2, -0.15) is 0 Å².